The molecule has 0 fully saturated rings. The van der Waals surface area contributed by atoms with Crippen molar-refractivity contribution in [3.8, 4) is 5.88 Å². The summed E-state index contributed by atoms with van der Waals surface area (Å²) < 4.78 is 39.5. The van der Waals surface area contributed by atoms with Crippen molar-refractivity contribution in [3.63, 3.8) is 0 Å². The first-order chi connectivity index (χ1) is 11.8. The van der Waals surface area contributed by atoms with Gasteiger partial charge >= 0.3 is 6.18 Å². The second-order valence-electron chi connectivity index (χ2n) is 4.31. The first-order valence-corrected chi connectivity index (χ1v) is 8.04. The van der Waals surface area contributed by atoms with Crippen LogP contribution in [0.1, 0.15) is 38.8 Å². The van der Waals surface area contributed by atoms with Gasteiger partial charge in [0.2, 0.25) is 11.4 Å². The molecule has 0 spiro atoms. The molecule has 0 unspecified atom stereocenters. The molecule has 2 aromatic heterocycles. The monoisotopic (exact) mass is 360 g/mol. The topological polar surface area (TPSA) is 55.0 Å². The molecule has 2 heterocycles. The lowest BCUT2D eigenvalue weighted by atomic mass is 10.3. The molecule has 0 aliphatic rings. The predicted molar refractivity (Wildman–Crippen MR) is 95.0 cm³/mol. The van der Waals surface area contributed by atoms with E-state index in [-0.39, 0.29) is 11.4 Å². The molecular formula is C18H27F3N2O2. The summed E-state index contributed by atoms with van der Waals surface area (Å²) in [5.41, 5.74) is 1.77. The van der Waals surface area contributed by atoms with Crippen LogP contribution in [0.3, 0.4) is 0 Å². The van der Waals surface area contributed by atoms with Crippen LogP contribution in [0, 0.1) is 13.8 Å². The Bertz CT molecular complexity index is 626. The van der Waals surface area contributed by atoms with E-state index in [1.165, 1.54) is 12.3 Å². The van der Waals surface area contributed by atoms with Crippen molar-refractivity contribution in [1.82, 2.24) is 9.97 Å². The highest BCUT2D eigenvalue weighted by Gasteiger charge is 2.28. The number of aromatic nitrogens is 2. The van der Waals surface area contributed by atoms with Crippen molar-refractivity contribution in [3.05, 3.63) is 58.1 Å². The maximum atomic E-state index is 11.7. The second-order valence-corrected chi connectivity index (χ2v) is 4.31. The molecule has 4 nitrogen and oxygen atoms in total. The zero-order valence-electron chi connectivity index (χ0n) is 15.6. The number of aryl methyl sites for hydroxylation is 2. The van der Waals surface area contributed by atoms with Gasteiger partial charge in [0.15, 0.2) is 6.61 Å². The van der Waals surface area contributed by atoms with E-state index >= 15 is 0 Å². The van der Waals surface area contributed by atoms with Crippen LogP contribution in [0.25, 0.3) is 0 Å². The Hall–Kier alpha value is -2.31. The number of rotatable bonds is 2. The van der Waals surface area contributed by atoms with Crippen molar-refractivity contribution in [2.75, 3.05) is 6.61 Å². The largest absolute Gasteiger partial charge is 0.468 e. The first-order valence-electron chi connectivity index (χ1n) is 8.04. The summed E-state index contributed by atoms with van der Waals surface area (Å²) in [6, 6.07) is 6.54. The van der Waals surface area contributed by atoms with Gasteiger partial charge in [0.05, 0.1) is 0 Å². The molecule has 2 aromatic rings. The van der Waals surface area contributed by atoms with Crippen molar-refractivity contribution < 1.29 is 17.9 Å². The molecule has 0 saturated carbocycles. The molecule has 0 aliphatic heterocycles. The maximum Gasteiger partial charge on any atom is 0.422 e. The minimum absolute atomic E-state index is 0.00248. The average Bonchev–Trinajstić information content (AvgIpc) is 2.57. The van der Waals surface area contributed by atoms with Gasteiger partial charge in [0.25, 0.3) is 0 Å². The highest BCUT2D eigenvalue weighted by Crippen LogP contribution is 2.17. The summed E-state index contributed by atoms with van der Waals surface area (Å²) in [5, 5.41) is 0. The van der Waals surface area contributed by atoms with E-state index in [4.69, 9.17) is 0 Å². The van der Waals surface area contributed by atoms with Crippen molar-refractivity contribution >= 4 is 0 Å². The summed E-state index contributed by atoms with van der Waals surface area (Å²) in [6.45, 7) is 10.3. The third-order valence-electron chi connectivity index (χ3n) is 2.20. The van der Waals surface area contributed by atoms with Crippen LogP contribution in [0.15, 0.2) is 41.5 Å². The van der Waals surface area contributed by atoms with Crippen LogP contribution in [0.5, 0.6) is 5.88 Å². The minimum Gasteiger partial charge on any atom is -0.468 e. The number of alkyl halides is 3. The van der Waals surface area contributed by atoms with E-state index in [9.17, 15) is 18.0 Å². The summed E-state index contributed by atoms with van der Waals surface area (Å²) in [5.74, 6) is -0.00248. The lowest BCUT2D eigenvalue weighted by Gasteiger charge is -2.07. The molecule has 1 N–H and O–H groups in total. The third-order valence-corrected chi connectivity index (χ3v) is 2.20. The zero-order chi connectivity index (χ0) is 19.9. The molecule has 142 valence electrons. The normalized spacial score (nSPS) is 9.32. The Morgan fingerprint density at radius 1 is 1.04 bits per heavy atom. The maximum absolute atomic E-state index is 11.7. The van der Waals surface area contributed by atoms with E-state index < -0.39 is 12.8 Å². The molecular weight excluding hydrogens is 333 g/mol. The van der Waals surface area contributed by atoms with Gasteiger partial charge in [-0.3, -0.25) is 4.79 Å². The number of nitrogens with one attached hydrogen (secondary N) is 1. The number of hydrogen-bond donors (Lipinski definition) is 1. The van der Waals surface area contributed by atoms with Crippen LogP contribution in [-0.2, 0) is 0 Å². The molecule has 0 saturated heterocycles. The average molecular weight is 360 g/mol. The van der Waals surface area contributed by atoms with Crippen molar-refractivity contribution in [2.24, 2.45) is 0 Å². The van der Waals surface area contributed by atoms with Crippen LogP contribution >= 0.6 is 0 Å². The fourth-order valence-electron chi connectivity index (χ4n) is 1.29. The quantitative estimate of drug-likeness (QED) is 0.814. The third kappa shape index (κ3) is 15.0. The van der Waals surface area contributed by atoms with Gasteiger partial charge in [-0.2, -0.15) is 13.2 Å². The Morgan fingerprint density at radius 2 is 1.60 bits per heavy atom. The number of pyridine rings is 2. The van der Waals surface area contributed by atoms with Crippen LogP contribution in [0.2, 0.25) is 0 Å². The Kier molecular flexibility index (Phi) is 14.0. The zero-order valence-corrected chi connectivity index (χ0v) is 15.6. The van der Waals surface area contributed by atoms with E-state index in [1.54, 1.807) is 25.3 Å². The van der Waals surface area contributed by atoms with Crippen LogP contribution in [-0.4, -0.2) is 22.8 Å². The Morgan fingerprint density at radius 3 is 2.00 bits per heavy atom. The number of aromatic amines is 1. The molecule has 0 amide bonds. The summed E-state index contributed by atoms with van der Waals surface area (Å²) in [7, 11) is 0. The van der Waals surface area contributed by atoms with Crippen molar-refractivity contribution in [1.29, 1.82) is 0 Å². The Labute approximate surface area is 147 Å². The number of halogens is 3. The van der Waals surface area contributed by atoms with Crippen LogP contribution in [0.4, 0.5) is 13.2 Å². The van der Waals surface area contributed by atoms with E-state index in [1.807, 2.05) is 40.7 Å². The summed E-state index contributed by atoms with van der Waals surface area (Å²) in [4.78, 5) is 16.6. The highest BCUT2D eigenvalue weighted by atomic mass is 19.4. The van der Waals surface area contributed by atoms with Gasteiger partial charge in [-0.1, -0.05) is 27.7 Å². The van der Waals surface area contributed by atoms with Crippen LogP contribution < -0.4 is 10.3 Å². The summed E-state index contributed by atoms with van der Waals surface area (Å²) >= 11 is 0. The molecule has 25 heavy (non-hydrogen) atoms. The summed E-state index contributed by atoms with van der Waals surface area (Å²) in [6.07, 6.45) is -1.27. The number of hydrogen-bond acceptors (Lipinski definition) is 3. The van der Waals surface area contributed by atoms with Gasteiger partial charge in [-0.05, 0) is 37.1 Å². The fourth-order valence-corrected chi connectivity index (χ4v) is 1.29. The molecule has 0 aromatic carbocycles. The van der Waals surface area contributed by atoms with Gasteiger partial charge < -0.3 is 9.72 Å². The van der Waals surface area contributed by atoms with E-state index in [2.05, 4.69) is 14.7 Å². The number of nitrogens with zero attached hydrogens (tertiary/aromatic N) is 1. The van der Waals surface area contributed by atoms with Gasteiger partial charge in [0.1, 0.15) is 0 Å². The SMILES string of the molecule is CC.CC.Cc1cc[nH]c(=O)c1.Cc1ccnc(OCC(F)(F)F)c1. The standard InChI is InChI=1S/C8H8F3NO.C6H7NO.2C2H6/c1-6-2-3-12-7(4-6)13-5-8(9,10)11;1-5-2-3-7-6(8)4-5;2*1-2/h2-4H,5H2,1H3;2-4H,1H3,(H,7,8);2*1-2H3. The molecule has 2 rings (SSSR count). The second kappa shape index (κ2) is 14.1. The lowest BCUT2D eigenvalue weighted by Crippen LogP contribution is -2.19. The first kappa shape index (κ1) is 24.9. The van der Waals surface area contributed by atoms with E-state index in [0.717, 1.165) is 11.1 Å². The number of H-pyrrole nitrogens is 1. The minimum atomic E-state index is -4.31. The molecule has 0 radical (unpaired) electrons. The van der Waals surface area contributed by atoms with Gasteiger partial charge in [-0.15, -0.1) is 0 Å². The molecule has 0 aliphatic carbocycles. The van der Waals surface area contributed by atoms with Gasteiger partial charge in [0, 0.05) is 24.5 Å². The smallest absolute Gasteiger partial charge is 0.422 e. The number of ether oxygens (including phenoxy) is 1. The molecule has 7 heteroatoms. The fraction of sp³-hybridized carbons (Fsp3) is 0.444. The lowest BCUT2D eigenvalue weighted by molar-refractivity contribution is -0.154. The molecule has 0 atom stereocenters. The van der Waals surface area contributed by atoms with Crippen molar-refractivity contribution in [2.45, 2.75) is 47.7 Å². The van der Waals surface area contributed by atoms with Gasteiger partial charge in [-0.25, -0.2) is 4.98 Å². The highest BCUT2D eigenvalue weighted by molar-refractivity contribution is 5.18. The Balaban J connectivity index is 0. The molecule has 0 bridgehead atoms. The predicted octanol–water partition coefficient (Wildman–Crippen LogP) is 5.07. The van der Waals surface area contributed by atoms with E-state index in [0.29, 0.717) is 0 Å².